The Morgan fingerprint density at radius 1 is 1.37 bits per heavy atom. The minimum atomic E-state index is -0.864. The smallest absolute Gasteiger partial charge is 0.236 e. The van der Waals surface area contributed by atoms with Gasteiger partial charge < -0.3 is 4.90 Å². The van der Waals surface area contributed by atoms with Crippen molar-refractivity contribution in [2.24, 2.45) is 10.8 Å². The summed E-state index contributed by atoms with van der Waals surface area (Å²) in [6.45, 7) is 8.47. The molecule has 19 heavy (non-hydrogen) atoms. The van der Waals surface area contributed by atoms with Crippen LogP contribution in [0.3, 0.4) is 0 Å². The third kappa shape index (κ3) is 1.65. The average Bonchev–Trinajstić information content (AvgIpc) is 2.37. The lowest BCUT2D eigenvalue weighted by atomic mass is 9.59. The maximum atomic E-state index is 12.6. The number of carbonyl (C=O) groups excluding carboxylic acids is 2. The molecule has 2 rings (SSSR count). The van der Waals surface area contributed by atoms with E-state index in [-0.39, 0.29) is 17.3 Å². The zero-order valence-corrected chi connectivity index (χ0v) is 11.8. The van der Waals surface area contributed by atoms with Gasteiger partial charge in [-0.2, -0.15) is 5.26 Å². The van der Waals surface area contributed by atoms with Crippen LogP contribution >= 0.6 is 0 Å². The number of amides is 1. The van der Waals surface area contributed by atoms with Crippen LogP contribution in [-0.4, -0.2) is 29.7 Å². The second kappa shape index (κ2) is 4.06. The first-order chi connectivity index (χ1) is 8.79. The molecule has 0 aromatic carbocycles. The summed E-state index contributed by atoms with van der Waals surface area (Å²) < 4.78 is 0. The van der Waals surface area contributed by atoms with Crippen molar-refractivity contribution in [1.29, 1.82) is 5.26 Å². The SMILES string of the molecule is CCN1CC=C2C(C)(C)C(=O)C(C#N)=C[C@@]2(C)C1=O. The van der Waals surface area contributed by atoms with Crippen LogP contribution in [0.25, 0.3) is 0 Å². The molecule has 0 saturated carbocycles. The van der Waals surface area contributed by atoms with Crippen molar-refractivity contribution in [3.05, 3.63) is 23.3 Å². The second-order valence-electron chi connectivity index (χ2n) is 5.79. The van der Waals surface area contributed by atoms with Gasteiger partial charge in [-0.3, -0.25) is 9.59 Å². The molecule has 0 saturated heterocycles. The zero-order valence-electron chi connectivity index (χ0n) is 11.8. The molecule has 2 aliphatic rings. The van der Waals surface area contributed by atoms with Crippen molar-refractivity contribution in [3.63, 3.8) is 0 Å². The quantitative estimate of drug-likeness (QED) is 0.674. The van der Waals surface area contributed by atoms with E-state index in [1.807, 2.05) is 19.1 Å². The van der Waals surface area contributed by atoms with E-state index in [4.69, 9.17) is 5.26 Å². The normalized spacial score (nSPS) is 29.3. The third-order valence-electron chi connectivity index (χ3n) is 4.23. The summed E-state index contributed by atoms with van der Waals surface area (Å²) in [5.41, 5.74) is -0.740. The minimum absolute atomic E-state index is 0.0270. The Morgan fingerprint density at radius 2 is 2.00 bits per heavy atom. The molecule has 0 bridgehead atoms. The molecule has 0 spiro atoms. The second-order valence-corrected chi connectivity index (χ2v) is 5.79. The molecule has 0 fully saturated rings. The number of hydrogen-bond donors (Lipinski definition) is 0. The molecule has 1 atom stereocenters. The standard InChI is InChI=1S/C15H18N2O2/c1-5-17-7-6-11-14(2,3)12(18)10(9-16)8-15(11,4)13(17)19/h6,8H,5,7H2,1-4H3/t15-/m1/s1. The van der Waals surface area contributed by atoms with Gasteiger partial charge in [-0.05, 0) is 39.3 Å². The Bertz CT molecular complexity index is 563. The molecule has 1 aliphatic heterocycles. The molecule has 100 valence electrons. The van der Waals surface area contributed by atoms with E-state index in [0.717, 1.165) is 5.57 Å². The van der Waals surface area contributed by atoms with E-state index in [1.165, 1.54) is 6.08 Å². The van der Waals surface area contributed by atoms with Crippen molar-refractivity contribution < 1.29 is 9.59 Å². The molecule has 0 N–H and O–H groups in total. The van der Waals surface area contributed by atoms with E-state index in [9.17, 15) is 9.59 Å². The Morgan fingerprint density at radius 3 is 2.53 bits per heavy atom. The summed E-state index contributed by atoms with van der Waals surface area (Å²) >= 11 is 0. The lowest BCUT2D eigenvalue weighted by Gasteiger charge is -2.46. The fourth-order valence-corrected chi connectivity index (χ4v) is 3.15. The molecular formula is C15H18N2O2. The van der Waals surface area contributed by atoms with Gasteiger partial charge >= 0.3 is 0 Å². The molecule has 0 unspecified atom stereocenters. The predicted octanol–water partition coefficient (Wildman–Crippen LogP) is 1.84. The summed E-state index contributed by atoms with van der Waals surface area (Å²) in [7, 11) is 0. The number of ketones is 1. The van der Waals surface area contributed by atoms with Crippen molar-refractivity contribution in [1.82, 2.24) is 4.90 Å². The molecule has 1 aliphatic carbocycles. The summed E-state index contributed by atoms with van der Waals surface area (Å²) in [5.74, 6) is -0.225. The molecule has 0 aromatic heterocycles. The average molecular weight is 258 g/mol. The molecule has 1 amide bonds. The number of rotatable bonds is 1. The maximum Gasteiger partial charge on any atom is 0.236 e. The predicted molar refractivity (Wildman–Crippen MR) is 70.9 cm³/mol. The van der Waals surface area contributed by atoms with E-state index in [1.54, 1.807) is 25.7 Å². The van der Waals surface area contributed by atoms with Crippen LogP contribution in [0.1, 0.15) is 27.7 Å². The van der Waals surface area contributed by atoms with Crippen LogP contribution in [0.15, 0.2) is 23.3 Å². The van der Waals surface area contributed by atoms with E-state index in [0.29, 0.717) is 13.1 Å². The zero-order chi connectivity index (χ0) is 14.4. The van der Waals surface area contributed by atoms with Gasteiger partial charge in [0.05, 0.1) is 16.4 Å². The molecule has 0 radical (unpaired) electrons. The van der Waals surface area contributed by atoms with Crippen molar-refractivity contribution in [2.45, 2.75) is 27.7 Å². The molecule has 4 heteroatoms. The van der Waals surface area contributed by atoms with E-state index < -0.39 is 10.8 Å². The van der Waals surface area contributed by atoms with Crippen molar-refractivity contribution in [2.75, 3.05) is 13.1 Å². The summed E-state index contributed by atoms with van der Waals surface area (Å²) in [5, 5.41) is 9.12. The Hall–Kier alpha value is -1.89. The third-order valence-corrected chi connectivity index (χ3v) is 4.23. The number of nitriles is 1. The largest absolute Gasteiger partial charge is 0.338 e. The van der Waals surface area contributed by atoms with Gasteiger partial charge in [0, 0.05) is 13.1 Å². The number of fused-ring (bicyclic) bond motifs is 1. The first-order valence-corrected chi connectivity index (χ1v) is 6.47. The van der Waals surface area contributed by atoms with Gasteiger partial charge in [-0.1, -0.05) is 6.08 Å². The molecular weight excluding hydrogens is 240 g/mol. The number of hydrogen-bond acceptors (Lipinski definition) is 3. The topological polar surface area (TPSA) is 61.2 Å². The molecule has 1 heterocycles. The van der Waals surface area contributed by atoms with E-state index >= 15 is 0 Å². The van der Waals surface area contributed by atoms with Crippen LogP contribution in [0.5, 0.6) is 0 Å². The van der Waals surface area contributed by atoms with Crippen LogP contribution in [0, 0.1) is 22.2 Å². The van der Waals surface area contributed by atoms with Crippen molar-refractivity contribution >= 4 is 11.7 Å². The fourth-order valence-electron chi connectivity index (χ4n) is 3.15. The van der Waals surface area contributed by atoms with Gasteiger partial charge in [0.1, 0.15) is 6.07 Å². The van der Waals surface area contributed by atoms with E-state index in [2.05, 4.69) is 0 Å². The lowest BCUT2D eigenvalue weighted by Crippen LogP contribution is -2.52. The summed E-state index contributed by atoms with van der Waals surface area (Å²) in [6, 6.07) is 1.93. The Balaban J connectivity index is 2.69. The maximum absolute atomic E-state index is 12.6. The number of carbonyl (C=O) groups is 2. The Labute approximate surface area is 113 Å². The van der Waals surface area contributed by atoms with Crippen LogP contribution in [0.4, 0.5) is 0 Å². The number of likely N-dealkylation sites (N-methyl/N-ethyl adjacent to an activating group) is 1. The fraction of sp³-hybridized carbons (Fsp3) is 0.533. The highest BCUT2D eigenvalue weighted by atomic mass is 16.2. The number of Topliss-reactive ketones (excluding diaryl/α,β-unsaturated/α-hetero) is 1. The van der Waals surface area contributed by atoms with Gasteiger partial charge in [-0.25, -0.2) is 0 Å². The Kier molecular flexibility index (Phi) is 2.89. The van der Waals surface area contributed by atoms with Gasteiger partial charge in [0.15, 0.2) is 5.78 Å². The molecule has 0 aromatic rings. The lowest BCUT2D eigenvalue weighted by molar-refractivity contribution is -0.139. The first-order valence-electron chi connectivity index (χ1n) is 6.47. The highest BCUT2D eigenvalue weighted by Gasteiger charge is 2.53. The monoisotopic (exact) mass is 258 g/mol. The van der Waals surface area contributed by atoms with Crippen molar-refractivity contribution in [3.8, 4) is 6.07 Å². The van der Waals surface area contributed by atoms with Gasteiger partial charge in [0.25, 0.3) is 0 Å². The first kappa shape index (κ1) is 13.5. The highest BCUT2D eigenvalue weighted by molar-refractivity contribution is 6.09. The number of allylic oxidation sites excluding steroid dienone is 1. The minimum Gasteiger partial charge on any atom is -0.338 e. The van der Waals surface area contributed by atoms with Crippen LogP contribution in [0.2, 0.25) is 0 Å². The highest BCUT2D eigenvalue weighted by Crippen LogP contribution is 2.49. The van der Waals surface area contributed by atoms with Crippen LogP contribution < -0.4 is 0 Å². The van der Waals surface area contributed by atoms with Crippen LogP contribution in [-0.2, 0) is 9.59 Å². The number of nitrogens with zero attached hydrogens (tertiary/aromatic N) is 2. The van der Waals surface area contributed by atoms with Gasteiger partial charge in [-0.15, -0.1) is 0 Å². The molecule has 4 nitrogen and oxygen atoms in total. The summed E-state index contributed by atoms with van der Waals surface area (Å²) in [4.78, 5) is 26.6. The van der Waals surface area contributed by atoms with Gasteiger partial charge in [0.2, 0.25) is 5.91 Å². The summed E-state index contributed by atoms with van der Waals surface area (Å²) in [6.07, 6.45) is 3.50.